The molecule has 1 unspecified atom stereocenters. The van der Waals surface area contributed by atoms with Crippen molar-refractivity contribution in [3.05, 3.63) is 35.4 Å². The minimum Gasteiger partial charge on any atom is -0.466 e. The number of carbonyl (C=O) groups excluding carboxylic acids is 1. The van der Waals surface area contributed by atoms with Crippen LogP contribution in [0.2, 0.25) is 0 Å². The van der Waals surface area contributed by atoms with Gasteiger partial charge in [-0.15, -0.1) is 0 Å². The third-order valence-corrected chi connectivity index (χ3v) is 3.04. The van der Waals surface area contributed by atoms with E-state index in [4.69, 9.17) is 4.74 Å². The predicted molar refractivity (Wildman–Crippen MR) is 70.1 cm³/mol. The molecule has 17 heavy (non-hydrogen) atoms. The second-order valence-electron chi connectivity index (χ2n) is 4.34. The molecule has 0 radical (unpaired) electrons. The summed E-state index contributed by atoms with van der Waals surface area (Å²) in [6.45, 7) is 6.61. The summed E-state index contributed by atoms with van der Waals surface area (Å²) >= 11 is 0. The molecule has 0 bridgehead atoms. The summed E-state index contributed by atoms with van der Waals surface area (Å²) in [6, 6.07) is 8.65. The maximum absolute atomic E-state index is 11.3. The van der Waals surface area contributed by atoms with Crippen LogP contribution in [0.25, 0.3) is 0 Å². The molecule has 0 aliphatic rings. The van der Waals surface area contributed by atoms with Crippen molar-refractivity contribution in [1.29, 1.82) is 0 Å². The Morgan fingerprint density at radius 2 is 1.88 bits per heavy atom. The minimum absolute atomic E-state index is 0.0930. The summed E-state index contributed by atoms with van der Waals surface area (Å²) < 4.78 is 4.93. The highest BCUT2D eigenvalue weighted by Crippen LogP contribution is 2.21. The van der Waals surface area contributed by atoms with Gasteiger partial charge in [-0.1, -0.05) is 38.1 Å². The van der Waals surface area contributed by atoms with E-state index in [1.165, 1.54) is 11.1 Å². The first-order chi connectivity index (χ1) is 8.17. The molecule has 0 aliphatic heterocycles. The highest BCUT2D eigenvalue weighted by molar-refractivity contribution is 5.69. The summed E-state index contributed by atoms with van der Waals surface area (Å²) in [5.41, 5.74) is 2.65. The third kappa shape index (κ3) is 4.59. The Morgan fingerprint density at radius 1 is 1.24 bits per heavy atom. The summed E-state index contributed by atoms with van der Waals surface area (Å²) in [5, 5.41) is 0. The van der Waals surface area contributed by atoms with Crippen LogP contribution in [0.15, 0.2) is 24.3 Å². The van der Waals surface area contributed by atoms with Gasteiger partial charge in [0.1, 0.15) is 0 Å². The van der Waals surface area contributed by atoms with Crippen molar-refractivity contribution in [3.8, 4) is 0 Å². The lowest BCUT2D eigenvalue weighted by Crippen LogP contribution is -2.05. The zero-order chi connectivity index (χ0) is 12.7. The molecule has 0 heterocycles. The Kier molecular flexibility index (Phi) is 5.75. The Labute approximate surface area is 104 Å². The fourth-order valence-corrected chi connectivity index (χ4v) is 1.82. The van der Waals surface area contributed by atoms with Gasteiger partial charge in [0.25, 0.3) is 0 Å². The molecule has 1 rings (SSSR count). The van der Waals surface area contributed by atoms with E-state index < -0.39 is 0 Å². The van der Waals surface area contributed by atoms with E-state index in [1.807, 2.05) is 6.92 Å². The van der Waals surface area contributed by atoms with Crippen LogP contribution in [0.4, 0.5) is 0 Å². The Bertz CT molecular complexity index is 340. The molecule has 0 aliphatic carbocycles. The molecule has 94 valence electrons. The summed E-state index contributed by atoms with van der Waals surface area (Å²) in [6.07, 6.45) is 2.42. The molecule has 0 spiro atoms. The van der Waals surface area contributed by atoms with Crippen LogP contribution in [0.1, 0.15) is 50.7 Å². The van der Waals surface area contributed by atoms with Crippen LogP contribution in [0.5, 0.6) is 0 Å². The van der Waals surface area contributed by atoms with Crippen molar-refractivity contribution in [3.63, 3.8) is 0 Å². The lowest BCUT2D eigenvalue weighted by atomic mass is 9.95. The molecule has 0 saturated carbocycles. The quantitative estimate of drug-likeness (QED) is 0.702. The SMILES string of the molecule is CCOC(=O)CCC(C)c1ccc(CC)cc1. The van der Waals surface area contributed by atoms with Crippen LogP contribution in [0.3, 0.4) is 0 Å². The third-order valence-electron chi connectivity index (χ3n) is 3.04. The highest BCUT2D eigenvalue weighted by Gasteiger charge is 2.09. The van der Waals surface area contributed by atoms with Gasteiger partial charge in [-0.25, -0.2) is 0 Å². The van der Waals surface area contributed by atoms with Crippen molar-refractivity contribution >= 4 is 5.97 Å². The van der Waals surface area contributed by atoms with Crippen molar-refractivity contribution in [2.45, 2.75) is 46.0 Å². The average Bonchev–Trinajstić information content (AvgIpc) is 2.36. The Morgan fingerprint density at radius 3 is 2.41 bits per heavy atom. The van der Waals surface area contributed by atoms with Crippen LogP contribution >= 0.6 is 0 Å². The number of hydrogen-bond donors (Lipinski definition) is 0. The standard InChI is InChI=1S/C15H22O2/c1-4-13-7-9-14(10-8-13)12(3)6-11-15(16)17-5-2/h7-10,12H,4-6,11H2,1-3H3. The van der Waals surface area contributed by atoms with Crippen molar-refractivity contribution in [2.75, 3.05) is 6.61 Å². The van der Waals surface area contributed by atoms with E-state index >= 15 is 0 Å². The molecule has 0 saturated heterocycles. The highest BCUT2D eigenvalue weighted by atomic mass is 16.5. The number of carbonyl (C=O) groups is 1. The first-order valence-electron chi connectivity index (χ1n) is 6.41. The first kappa shape index (κ1) is 13.8. The maximum Gasteiger partial charge on any atom is 0.305 e. The average molecular weight is 234 g/mol. The van der Waals surface area contributed by atoms with Gasteiger partial charge < -0.3 is 4.74 Å². The van der Waals surface area contributed by atoms with E-state index in [-0.39, 0.29) is 5.97 Å². The van der Waals surface area contributed by atoms with Gasteiger partial charge >= 0.3 is 5.97 Å². The Hall–Kier alpha value is -1.31. The maximum atomic E-state index is 11.3. The van der Waals surface area contributed by atoms with Crippen LogP contribution < -0.4 is 0 Å². The van der Waals surface area contributed by atoms with Gasteiger partial charge in [-0.3, -0.25) is 4.79 Å². The lowest BCUT2D eigenvalue weighted by Gasteiger charge is -2.11. The number of benzene rings is 1. The molecule has 2 heteroatoms. The molecule has 0 fully saturated rings. The van der Waals surface area contributed by atoms with E-state index in [0.717, 1.165) is 12.8 Å². The zero-order valence-corrected chi connectivity index (χ0v) is 11.0. The van der Waals surface area contributed by atoms with Gasteiger partial charge in [0.05, 0.1) is 6.61 Å². The topological polar surface area (TPSA) is 26.3 Å². The lowest BCUT2D eigenvalue weighted by molar-refractivity contribution is -0.143. The molecule has 0 aromatic heterocycles. The molecule has 2 nitrogen and oxygen atoms in total. The molecule has 1 atom stereocenters. The fraction of sp³-hybridized carbons (Fsp3) is 0.533. The van der Waals surface area contributed by atoms with Gasteiger partial charge in [0, 0.05) is 6.42 Å². The smallest absolute Gasteiger partial charge is 0.305 e. The van der Waals surface area contributed by atoms with Crippen molar-refractivity contribution in [1.82, 2.24) is 0 Å². The van der Waals surface area contributed by atoms with E-state index in [1.54, 1.807) is 0 Å². The summed E-state index contributed by atoms with van der Waals surface area (Å²) in [7, 11) is 0. The number of esters is 1. The van der Waals surface area contributed by atoms with E-state index in [2.05, 4.69) is 38.1 Å². The minimum atomic E-state index is -0.0930. The molecule has 1 aromatic carbocycles. The summed E-state index contributed by atoms with van der Waals surface area (Å²) in [5.74, 6) is 0.315. The molecular formula is C15H22O2. The first-order valence-corrected chi connectivity index (χ1v) is 6.41. The van der Waals surface area contributed by atoms with Crippen molar-refractivity contribution in [2.24, 2.45) is 0 Å². The van der Waals surface area contributed by atoms with Crippen LogP contribution in [-0.2, 0) is 16.0 Å². The second kappa shape index (κ2) is 7.10. The van der Waals surface area contributed by atoms with E-state index in [0.29, 0.717) is 18.9 Å². The van der Waals surface area contributed by atoms with Crippen molar-refractivity contribution < 1.29 is 9.53 Å². The van der Waals surface area contributed by atoms with E-state index in [9.17, 15) is 4.79 Å². The Balaban J connectivity index is 2.46. The van der Waals surface area contributed by atoms with Gasteiger partial charge in [0.15, 0.2) is 0 Å². The van der Waals surface area contributed by atoms with Gasteiger partial charge in [-0.2, -0.15) is 0 Å². The summed E-state index contributed by atoms with van der Waals surface area (Å²) in [4.78, 5) is 11.3. The second-order valence-corrected chi connectivity index (χ2v) is 4.34. The van der Waals surface area contributed by atoms with Gasteiger partial charge in [0.2, 0.25) is 0 Å². The monoisotopic (exact) mass is 234 g/mol. The number of ether oxygens (including phenoxy) is 1. The molecule has 1 aromatic rings. The number of aryl methyl sites for hydroxylation is 1. The fourth-order valence-electron chi connectivity index (χ4n) is 1.82. The molecular weight excluding hydrogens is 212 g/mol. The molecule has 0 N–H and O–H groups in total. The normalized spacial score (nSPS) is 12.2. The van der Waals surface area contributed by atoms with Crippen LogP contribution in [-0.4, -0.2) is 12.6 Å². The van der Waals surface area contributed by atoms with Gasteiger partial charge in [-0.05, 0) is 36.8 Å². The zero-order valence-electron chi connectivity index (χ0n) is 11.0. The molecule has 0 amide bonds. The number of rotatable bonds is 6. The largest absolute Gasteiger partial charge is 0.466 e. The predicted octanol–water partition coefficient (Wildman–Crippen LogP) is 3.70. The van der Waals surface area contributed by atoms with Crippen LogP contribution in [0, 0.1) is 0 Å². The number of hydrogen-bond acceptors (Lipinski definition) is 2.